The molecule has 1 aliphatic rings. The molecular weight excluding hydrogens is 367 g/mol. The number of halogens is 1. The van der Waals surface area contributed by atoms with Crippen LogP contribution < -0.4 is 5.32 Å². The molecule has 0 spiro atoms. The molecule has 2 rings (SSSR count). The molecule has 2 heterocycles. The lowest BCUT2D eigenvalue weighted by molar-refractivity contribution is 0.208. The Bertz CT molecular complexity index is 397. The van der Waals surface area contributed by atoms with E-state index < -0.39 is 0 Å². The van der Waals surface area contributed by atoms with Crippen molar-refractivity contribution in [2.24, 2.45) is 16.8 Å². The highest BCUT2D eigenvalue weighted by Crippen LogP contribution is 2.20. The Morgan fingerprint density at radius 2 is 2.15 bits per heavy atom. The zero-order valence-electron chi connectivity index (χ0n) is 12.5. The van der Waals surface area contributed by atoms with E-state index in [9.17, 15) is 0 Å². The van der Waals surface area contributed by atoms with E-state index in [0.717, 1.165) is 43.1 Å². The molecule has 0 saturated carbocycles. The number of nitrogens with zero attached hydrogens (tertiary/aromatic N) is 3. The summed E-state index contributed by atoms with van der Waals surface area (Å²) in [6.45, 7) is 10.3. The van der Waals surface area contributed by atoms with Gasteiger partial charge in [0.05, 0.1) is 6.54 Å². The summed E-state index contributed by atoms with van der Waals surface area (Å²) in [5.74, 6) is 2.43. The van der Waals surface area contributed by atoms with Gasteiger partial charge in [0.25, 0.3) is 0 Å². The van der Waals surface area contributed by atoms with Crippen LogP contribution in [0.3, 0.4) is 0 Å². The minimum atomic E-state index is 0. The van der Waals surface area contributed by atoms with Crippen LogP contribution in [-0.2, 0) is 6.54 Å². The molecule has 2 atom stereocenters. The number of aromatic nitrogens is 1. The number of likely N-dealkylation sites (tertiary alicyclic amines) is 1. The molecule has 114 valence electrons. The standard InChI is InChI=1S/C14H24N4O.HI/c1-4-15-14(16-8-13-5-6-19-17-13)18-9-11(2)7-12(3)10-18;/h5-6,11-12H,4,7-10H2,1-3H3,(H,15,16);1H. The average Bonchev–Trinajstić information content (AvgIpc) is 2.86. The van der Waals surface area contributed by atoms with Gasteiger partial charge in [-0.15, -0.1) is 24.0 Å². The summed E-state index contributed by atoms with van der Waals surface area (Å²) in [6.07, 6.45) is 2.89. The second-order valence-corrected chi connectivity index (χ2v) is 5.51. The Hall–Kier alpha value is -0.790. The summed E-state index contributed by atoms with van der Waals surface area (Å²) in [4.78, 5) is 7.02. The lowest BCUT2D eigenvalue weighted by Gasteiger charge is -2.37. The van der Waals surface area contributed by atoms with Crippen molar-refractivity contribution in [3.63, 3.8) is 0 Å². The second kappa shape index (κ2) is 8.49. The van der Waals surface area contributed by atoms with E-state index in [1.165, 1.54) is 6.42 Å². The Kier molecular flexibility index (Phi) is 7.32. The van der Waals surface area contributed by atoms with Gasteiger partial charge < -0.3 is 14.7 Å². The van der Waals surface area contributed by atoms with Crippen molar-refractivity contribution in [2.75, 3.05) is 19.6 Å². The van der Waals surface area contributed by atoms with Crippen molar-refractivity contribution in [1.29, 1.82) is 0 Å². The predicted molar refractivity (Wildman–Crippen MR) is 91.3 cm³/mol. The third-order valence-electron chi connectivity index (χ3n) is 3.39. The van der Waals surface area contributed by atoms with E-state index in [-0.39, 0.29) is 24.0 Å². The van der Waals surface area contributed by atoms with Crippen molar-refractivity contribution in [1.82, 2.24) is 15.4 Å². The molecule has 1 N–H and O–H groups in total. The quantitative estimate of drug-likeness (QED) is 0.488. The first-order chi connectivity index (χ1) is 9.19. The predicted octanol–water partition coefficient (Wildman–Crippen LogP) is 2.74. The summed E-state index contributed by atoms with van der Waals surface area (Å²) in [6, 6.07) is 1.86. The lowest BCUT2D eigenvalue weighted by atomic mass is 9.92. The lowest BCUT2D eigenvalue weighted by Crippen LogP contribution is -2.48. The van der Waals surface area contributed by atoms with Crippen LogP contribution in [0.5, 0.6) is 0 Å². The van der Waals surface area contributed by atoms with Crippen molar-refractivity contribution in [3.8, 4) is 0 Å². The van der Waals surface area contributed by atoms with Crippen LogP contribution in [0.2, 0.25) is 0 Å². The number of guanidine groups is 1. The van der Waals surface area contributed by atoms with E-state index in [1.54, 1.807) is 6.26 Å². The maximum atomic E-state index is 4.83. The van der Waals surface area contributed by atoms with Crippen LogP contribution in [0.1, 0.15) is 32.9 Å². The first-order valence-corrected chi connectivity index (χ1v) is 7.11. The number of aliphatic imine (C=N–C) groups is 1. The van der Waals surface area contributed by atoms with Gasteiger partial charge >= 0.3 is 0 Å². The molecule has 6 heteroatoms. The molecule has 0 aliphatic carbocycles. The fourth-order valence-corrected chi connectivity index (χ4v) is 2.74. The number of nitrogens with one attached hydrogen (secondary N) is 1. The molecule has 5 nitrogen and oxygen atoms in total. The summed E-state index contributed by atoms with van der Waals surface area (Å²) >= 11 is 0. The molecule has 1 saturated heterocycles. The van der Waals surface area contributed by atoms with Crippen LogP contribution in [0.15, 0.2) is 21.8 Å². The van der Waals surface area contributed by atoms with Gasteiger partial charge in [-0.1, -0.05) is 19.0 Å². The van der Waals surface area contributed by atoms with Gasteiger partial charge in [-0.25, -0.2) is 4.99 Å². The van der Waals surface area contributed by atoms with Crippen LogP contribution in [0.25, 0.3) is 0 Å². The molecule has 0 bridgehead atoms. The van der Waals surface area contributed by atoms with Gasteiger partial charge in [0.15, 0.2) is 5.96 Å². The smallest absolute Gasteiger partial charge is 0.194 e. The Balaban J connectivity index is 0.00000200. The Morgan fingerprint density at radius 1 is 1.45 bits per heavy atom. The van der Waals surface area contributed by atoms with E-state index in [4.69, 9.17) is 4.52 Å². The second-order valence-electron chi connectivity index (χ2n) is 5.51. The van der Waals surface area contributed by atoms with Gasteiger partial charge in [0.2, 0.25) is 0 Å². The fourth-order valence-electron chi connectivity index (χ4n) is 2.74. The van der Waals surface area contributed by atoms with Crippen LogP contribution in [0, 0.1) is 11.8 Å². The van der Waals surface area contributed by atoms with Crippen molar-refractivity contribution < 1.29 is 4.52 Å². The number of piperidine rings is 1. The molecule has 0 radical (unpaired) electrons. The fraction of sp³-hybridized carbons (Fsp3) is 0.714. The third-order valence-corrected chi connectivity index (χ3v) is 3.39. The zero-order chi connectivity index (χ0) is 13.7. The van der Waals surface area contributed by atoms with Crippen molar-refractivity contribution >= 4 is 29.9 Å². The van der Waals surface area contributed by atoms with Gasteiger partial charge in [-0.3, -0.25) is 0 Å². The van der Waals surface area contributed by atoms with Crippen molar-refractivity contribution in [3.05, 3.63) is 18.0 Å². The minimum Gasteiger partial charge on any atom is -0.364 e. The normalized spacial score (nSPS) is 23.4. The molecule has 20 heavy (non-hydrogen) atoms. The summed E-state index contributed by atoms with van der Waals surface area (Å²) in [5, 5.41) is 7.27. The maximum absolute atomic E-state index is 4.83. The topological polar surface area (TPSA) is 53.7 Å². The third kappa shape index (κ3) is 4.96. The minimum absolute atomic E-state index is 0. The average molecular weight is 392 g/mol. The first kappa shape index (κ1) is 17.3. The molecule has 1 fully saturated rings. The van der Waals surface area contributed by atoms with Crippen molar-refractivity contribution in [2.45, 2.75) is 33.7 Å². The molecule has 2 unspecified atom stereocenters. The molecule has 1 aliphatic heterocycles. The monoisotopic (exact) mass is 392 g/mol. The number of hydrogen-bond acceptors (Lipinski definition) is 3. The maximum Gasteiger partial charge on any atom is 0.194 e. The molecular formula is C14H25IN4O. The Morgan fingerprint density at radius 3 is 2.70 bits per heavy atom. The van der Waals surface area contributed by atoms with E-state index >= 15 is 0 Å². The van der Waals surface area contributed by atoms with E-state index in [0.29, 0.717) is 6.54 Å². The number of rotatable bonds is 3. The summed E-state index contributed by atoms with van der Waals surface area (Å²) in [5.41, 5.74) is 0.869. The van der Waals surface area contributed by atoms with Gasteiger partial charge in [0.1, 0.15) is 12.0 Å². The molecule has 0 amide bonds. The SMILES string of the molecule is CCNC(=NCc1ccon1)N1CC(C)CC(C)C1.I. The van der Waals surface area contributed by atoms with E-state index in [2.05, 4.69) is 41.1 Å². The van der Waals surface area contributed by atoms with E-state index in [1.807, 2.05) is 6.07 Å². The van der Waals surface area contributed by atoms with Crippen LogP contribution in [0.4, 0.5) is 0 Å². The largest absolute Gasteiger partial charge is 0.364 e. The van der Waals surface area contributed by atoms with Crippen LogP contribution >= 0.6 is 24.0 Å². The molecule has 0 aromatic carbocycles. The number of hydrogen-bond donors (Lipinski definition) is 1. The highest BCUT2D eigenvalue weighted by Gasteiger charge is 2.23. The van der Waals surface area contributed by atoms with Gasteiger partial charge in [0, 0.05) is 25.7 Å². The summed E-state index contributed by atoms with van der Waals surface area (Å²) in [7, 11) is 0. The Labute approximate surface area is 138 Å². The highest BCUT2D eigenvalue weighted by molar-refractivity contribution is 14.0. The van der Waals surface area contributed by atoms with Gasteiger partial charge in [-0.2, -0.15) is 0 Å². The summed E-state index contributed by atoms with van der Waals surface area (Å²) < 4.78 is 4.83. The molecule has 1 aromatic heterocycles. The molecule has 1 aromatic rings. The van der Waals surface area contributed by atoms with Gasteiger partial charge in [-0.05, 0) is 25.2 Å². The van der Waals surface area contributed by atoms with Crippen LogP contribution in [-0.4, -0.2) is 35.7 Å². The zero-order valence-corrected chi connectivity index (χ0v) is 14.8. The highest BCUT2D eigenvalue weighted by atomic mass is 127. The first-order valence-electron chi connectivity index (χ1n) is 7.11.